The van der Waals surface area contributed by atoms with Crippen molar-refractivity contribution in [3.05, 3.63) is 30.0 Å². The lowest BCUT2D eigenvalue weighted by Gasteiger charge is -2.08. The van der Waals surface area contributed by atoms with Gasteiger partial charge in [0, 0.05) is 24.2 Å². The van der Waals surface area contributed by atoms with Gasteiger partial charge in [0.15, 0.2) is 6.07 Å². The highest BCUT2D eigenvalue weighted by atomic mass is 35.5. The van der Waals surface area contributed by atoms with E-state index >= 15 is 0 Å². The second kappa shape index (κ2) is 6.83. The van der Waals surface area contributed by atoms with Gasteiger partial charge in [0.1, 0.15) is 5.75 Å². The predicted molar refractivity (Wildman–Crippen MR) is 83.3 cm³/mol. The van der Waals surface area contributed by atoms with E-state index in [1.54, 1.807) is 7.11 Å². The van der Waals surface area contributed by atoms with Crippen LogP contribution in [0.15, 0.2) is 24.4 Å². The molecular formula is C15H19ClN2O3. The Bertz CT molecular complexity index is 637. The Morgan fingerprint density at radius 3 is 2.76 bits per heavy atom. The molecule has 0 saturated heterocycles. The second-order valence-electron chi connectivity index (χ2n) is 4.98. The van der Waals surface area contributed by atoms with Gasteiger partial charge >= 0.3 is 6.09 Å². The van der Waals surface area contributed by atoms with Crippen molar-refractivity contribution in [3.63, 3.8) is 0 Å². The number of benzene rings is 1. The van der Waals surface area contributed by atoms with Gasteiger partial charge in [-0.3, -0.25) is 4.57 Å². The molecule has 5 nitrogen and oxygen atoms in total. The maximum absolute atomic E-state index is 12.0. The molecule has 0 aliphatic rings. The third kappa shape index (κ3) is 3.49. The molecule has 21 heavy (non-hydrogen) atoms. The summed E-state index contributed by atoms with van der Waals surface area (Å²) in [6.07, 6.45) is 2.17. The van der Waals surface area contributed by atoms with E-state index in [1.165, 1.54) is 4.57 Å². The summed E-state index contributed by atoms with van der Waals surface area (Å²) in [6, 6.07) is 5.50. The molecule has 0 unspecified atom stereocenters. The smallest absolute Gasteiger partial charge is 0.419 e. The van der Waals surface area contributed by atoms with Gasteiger partial charge in [-0.1, -0.05) is 11.6 Å². The summed E-state index contributed by atoms with van der Waals surface area (Å²) >= 11 is 5.48. The lowest BCUT2D eigenvalue weighted by molar-refractivity contribution is 0.167. The van der Waals surface area contributed by atoms with E-state index < -0.39 is 6.09 Å². The average Bonchev–Trinajstić information content (AvgIpc) is 2.83. The molecule has 0 saturated carbocycles. The Hall–Kier alpha value is -1.72. The molecule has 0 fully saturated rings. The summed E-state index contributed by atoms with van der Waals surface area (Å²) in [7, 11) is 5.63. The molecular weight excluding hydrogens is 292 g/mol. The van der Waals surface area contributed by atoms with E-state index in [2.05, 4.69) is 4.90 Å². The van der Waals surface area contributed by atoms with Crippen LogP contribution in [-0.2, 0) is 11.2 Å². The lowest BCUT2D eigenvalue weighted by atomic mass is 10.1. The summed E-state index contributed by atoms with van der Waals surface area (Å²) < 4.78 is 11.6. The van der Waals surface area contributed by atoms with Crippen molar-refractivity contribution in [2.45, 2.75) is 6.42 Å². The van der Waals surface area contributed by atoms with Crippen molar-refractivity contribution in [2.75, 3.05) is 33.8 Å². The third-order valence-corrected chi connectivity index (χ3v) is 3.41. The standard InChI is InChI=1S/C15H19ClN2O3/c1-17(2)7-6-11-9-18(15(19)21-10-16)14-8-12(20-3)4-5-13(11)14/h4-5,8-9H,6-7,10H2,1-3H3. The van der Waals surface area contributed by atoms with Crippen molar-refractivity contribution in [1.29, 1.82) is 0 Å². The first-order chi connectivity index (χ1) is 10.1. The number of rotatable bonds is 5. The highest BCUT2D eigenvalue weighted by Gasteiger charge is 2.15. The Morgan fingerprint density at radius 1 is 1.38 bits per heavy atom. The molecule has 0 spiro atoms. The minimum absolute atomic E-state index is 0.171. The topological polar surface area (TPSA) is 43.7 Å². The van der Waals surface area contributed by atoms with Crippen LogP contribution in [0.4, 0.5) is 4.79 Å². The SMILES string of the molecule is COc1ccc2c(CCN(C)C)cn(C(=O)OCCl)c2c1. The number of fused-ring (bicyclic) bond motifs is 1. The molecule has 1 aromatic carbocycles. The fourth-order valence-electron chi connectivity index (χ4n) is 2.21. The summed E-state index contributed by atoms with van der Waals surface area (Å²) in [6.45, 7) is 0.899. The number of aromatic nitrogens is 1. The van der Waals surface area contributed by atoms with Crippen molar-refractivity contribution in [3.8, 4) is 5.75 Å². The zero-order valence-corrected chi connectivity index (χ0v) is 13.2. The molecule has 0 amide bonds. The number of hydrogen-bond acceptors (Lipinski definition) is 4. The van der Waals surface area contributed by atoms with E-state index in [9.17, 15) is 4.79 Å². The van der Waals surface area contributed by atoms with Gasteiger partial charge in [-0.2, -0.15) is 0 Å². The van der Waals surface area contributed by atoms with Crippen molar-refractivity contribution in [2.24, 2.45) is 0 Å². The lowest BCUT2D eigenvalue weighted by Crippen LogP contribution is -2.15. The molecule has 0 atom stereocenters. The molecule has 0 aliphatic heterocycles. The Labute approximate surface area is 129 Å². The molecule has 0 aliphatic carbocycles. The quantitative estimate of drug-likeness (QED) is 0.796. The van der Waals surface area contributed by atoms with Crippen LogP contribution in [0.1, 0.15) is 5.56 Å². The van der Waals surface area contributed by atoms with Crippen LogP contribution in [0.25, 0.3) is 10.9 Å². The van der Waals surface area contributed by atoms with Crippen LogP contribution in [0, 0.1) is 0 Å². The molecule has 6 heteroatoms. The van der Waals surface area contributed by atoms with Crippen LogP contribution in [0.2, 0.25) is 0 Å². The van der Waals surface area contributed by atoms with Gasteiger partial charge in [0.2, 0.25) is 0 Å². The average molecular weight is 311 g/mol. The van der Waals surface area contributed by atoms with E-state index in [4.69, 9.17) is 21.1 Å². The van der Waals surface area contributed by atoms with E-state index in [0.717, 1.165) is 29.4 Å². The third-order valence-electron chi connectivity index (χ3n) is 3.30. The molecule has 114 valence electrons. The summed E-state index contributed by atoms with van der Waals surface area (Å²) in [5.74, 6) is 0.694. The van der Waals surface area contributed by atoms with E-state index in [-0.39, 0.29) is 6.07 Å². The maximum atomic E-state index is 12.0. The summed E-state index contributed by atoms with van der Waals surface area (Å²) in [5, 5.41) is 1.02. The monoisotopic (exact) mass is 310 g/mol. The molecule has 0 bridgehead atoms. The van der Waals surface area contributed by atoms with Gasteiger partial charge in [-0.25, -0.2) is 4.79 Å². The number of carbonyl (C=O) groups is 1. The van der Waals surface area contributed by atoms with Gasteiger partial charge in [-0.15, -0.1) is 0 Å². The minimum atomic E-state index is -0.487. The van der Waals surface area contributed by atoms with Crippen LogP contribution >= 0.6 is 11.6 Å². The first-order valence-corrected chi connectivity index (χ1v) is 7.16. The Balaban J connectivity index is 2.47. The fraction of sp³-hybridized carbons (Fsp3) is 0.400. The number of carbonyl (C=O) groups excluding carboxylic acids is 1. The molecule has 2 rings (SSSR count). The number of methoxy groups -OCH3 is 1. The van der Waals surface area contributed by atoms with Crippen molar-refractivity contribution >= 4 is 28.6 Å². The molecule has 1 aromatic heterocycles. The van der Waals surface area contributed by atoms with Crippen LogP contribution < -0.4 is 4.74 Å². The zero-order chi connectivity index (χ0) is 15.4. The van der Waals surface area contributed by atoms with Crippen LogP contribution in [-0.4, -0.2) is 49.4 Å². The molecule has 0 radical (unpaired) electrons. The maximum Gasteiger partial charge on any atom is 0.419 e. The van der Waals surface area contributed by atoms with Crippen molar-refractivity contribution in [1.82, 2.24) is 9.47 Å². The predicted octanol–water partition coefficient (Wildman–Crippen LogP) is 2.94. The number of likely N-dealkylation sites (N-methyl/N-ethyl adjacent to an activating group) is 1. The van der Waals surface area contributed by atoms with Crippen LogP contribution in [0.5, 0.6) is 5.75 Å². The molecule has 0 N–H and O–H groups in total. The summed E-state index contributed by atoms with van der Waals surface area (Å²) in [5.41, 5.74) is 1.85. The Morgan fingerprint density at radius 2 is 2.14 bits per heavy atom. The highest BCUT2D eigenvalue weighted by molar-refractivity contribution is 6.17. The minimum Gasteiger partial charge on any atom is -0.497 e. The zero-order valence-electron chi connectivity index (χ0n) is 12.4. The van der Waals surface area contributed by atoms with Gasteiger partial charge < -0.3 is 14.4 Å². The van der Waals surface area contributed by atoms with E-state index in [0.29, 0.717) is 5.75 Å². The van der Waals surface area contributed by atoms with Gasteiger partial charge in [-0.05, 0) is 38.2 Å². The normalized spacial score (nSPS) is 11.1. The van der Waals surface area contributed by atoms with Gasteiger partial charge in [0.25, 0.3) is 0 Å². The summed E-state index contributed by atoms with van der Waals surface area (Å²) in [4.78, 5) is 14.1. The van der Waals surface area contributed by atoms with Crippen LogP contribution in [0.3, 0.4) is 0 Å². The molecule has 1 heterocycles. The number of halogens is 1. The number of nitrogens with zero attached hydrogens (tertiary/aromatic N) is 2. The molecule has 2 aromatic rings. The van der Waals surface area contributed by atoms with E-state index in [1.807, 2.05) is 38.5 Å². The largest absolute Gasteiger partial charge is 0.497 e. The fourth-order valence-corrected chi connectivity index (χ4v) is 2.31. The number of alkyl halides is 1. The highest BCUT2D eigenvalue weighted by Crippen LogP contribution is 2.26. The first kappa shape index (κ1) is 15.7. The van der Waals surface area contributed by atoms with Gasteiger partial charge in [0.05, 0.1) is 12.6 Å². The number of ether oxygens (including phenoxy) is 2. The first-order valence-electron chi connectivity index (χ1n) is 6.62. The van der Waals surface area contributed by atoms with Crippen molar-refractivity contribution < 1.29 is 14.3 Å². The second-order valence-corrected chi connectivity index (χ2v) is 5.20. The number of hydrogen-bond donors (Lipinski definition) is 0. The Kier molecular flexibility index (Phi) is 5.09.